The molecule has 0 bridgehead atoms. The van der Waals surface area contributed by atoms with E-state index in [0.717, 1.165) is 23.7 Å². The van der Waals surface area contributed by atoms with E-state index < -0.39 is 0 Å². The molecule has 35 heavy (non-hydrogen) atoms. The molecule has 3 aromatic heterocycles. The Morgan fingerprint density at radius 2 is 1.77 bits per heavy atom. The van der Waals surface area contributed by atoms with Crippen molar-refractivity contribution >= 4 is 23.0 Å². The smallest absolute Gasteiger partial charge is 0.174 e. The standard InChI is InChI=1S/C28H29N5OS/c1-4-34-23-10-8-22(9-11-23)33-27(26(31-28(33)35)25-7-5-6-14-30-25)24-17-19(2)32(20(24)3)18-21-12-15-29-16-13-21/h5-17,26-27H,4,18H2,1-3H3,(H,31,35). The number of nitrogens with zero attached hydrogens (tertiary/aromatic N) is 4. The summed E-state index contributed by atoms with van der Waals surface area (Å²) in [5.41, 5.74) is 6.86. The zero-order valence-corrected chi connectivity index (χ0v) is 21.0. The quantitative estimate of drug-likeness (QED) is 0.350. The molecule has 4 heterocycles. The molecule has 178 valence electrons. The van der Waals surface area contributed by atoms with Crippen LogP contribution in [0.15, 0.2) is 79.3 Å². The molecular formula is C28H29N5OS. The van der Waals surface area contributed by atoms with Gasteiger partial charge in [0.05, 0.1) is 24.4 Å². The number of nitrogens with one attached hydrogen (secondary N) is 1. The van der Waals surface area contributed by atoms with Gasteiger partial charge >= 0.3 is 0 Å². The monoisotopic (exact) mass is 483 g/mol. The number of hydrogen-bond acceptors (Lipinski definition) is 4. The second-order valence-electron chi connectivity index (χ2n) is 8.69. The Morgan fingerprint density at radius 3 is 2.46 bits per heavy atom. The number of thiocarbonyl (C=S) groups is 1. The third-order valence-corrected chi connectivity index (χ3v) is 6.86. The molecule has 1 aromatic carbocycles. The van der Waals surface area contributed by atoms with Crippen LogP contribution in [-0.4, -0.2) is 26.3 Å². The fourth-order valence-corrected chi connectivity index (χ4v) is 5.21. The first-order valence-electron chi connectivity index (χ1n) is 11.9. The summed E-state index contributed by atoms with van der Waals surface area (Å²) in [5.74, 6) is 0.850. The first-order chi connectivity index (χ1) is 17.1. The van der Waals surface area contributed by atoms with Crippen molar-refractivity contribution in [2.75, 3.05) is 11.5 Å². The van der Waals surface area contributed by atoms with E-state index in [0.29, 0.717) is 11.7 Å². The van der Waals surface area contributed by atoms with Crippen molar-refractivity contribution < 1.29 is 4.74 Å². The maximum atomic E-state index is 5.89. The molecule has 1 saturated heterocycles. The third kappa shape index (κ3) is 4.51. The van der Waals surface area contributed by atoms with Crippen molar-refractivity contribution in [1.82, 2.24) is 19.9 Å². The Bertz CT molecular complexity index is 1300. The molecule has 2 atom stereocenters. The van der Waals surface area contributed by atoms with E-state index in [2.05, 4.69) is 75.0 Å². The number of benzene rings is 1. The number of aryl methyl sites for hydroxylation is 1. The van der Waals surface area contributed by atoms with Gasteiger partial charge in [-0.05, 0) is 98.7 Å². The molecule has 1 N–H and O–H groups in total. The highest BCUT2D eigenvalue weighted by Gasteiger charge is 2.42. The maximum absolute atomic E-state index is 5.89. The van der Waals surface area contributed by atoms with Gasteiger partial charge < -0.3 is 19.5 Å². The van der Waals surface area contributed by atoms with Crippen LogP contribution in [0.25, 0.3) is 0 Å². The van der Waals surface area contributed by atoms with Crippen molar-refractivity contribution in [3.05, 3.63) is 107 Å². The predicted octanol–water partition coefficient (Wildman–Crippen LogP) is 5.52. The molecule has 0 spiro atoms. The Balaban J connectivity index is 1.59. The fourth-order valence-electron chi connectivity index (χ4n) is 4.86. The number of aromatic nitrogens is 3. The third-order valence-electron chi connectivity index (χ3n) is 6.55. The van der Waals surface area contributed by atoms with Gasteiger partial charge in [0.15, 0.2) is 5.11 Å². The number of rotatable bonds is 7. The van der Waals surface area contributed by atoms with Gasteiger partial charge in [-0.15, -0.1) is 0 Å². The molecule has 0 radical (unpaired) electrons. The van der Waals surface area contributed by atoms with Gasteiger partial charge in [0.1, 0.15) is 5.75 Å². The summed E-state index contributed by atoms with van der Waals surface area (Å²) in [6, 6.07) is 20.5. The van der Waals surface area contributed by atoms with E-state index in [4.69, 9.17) is 17.0 Å². The lowest BCUT2D eigenvalue weighted by molar-refractivity contribution is 0.340. The van der Waals surface area contributed by atoms with Crippen LogP contribution in [0.5, 0.6) is 5.75 Å². The van der Waals surface area contributed by atoms with E-state index >= 15 is 0 Å². The van der Waals surface area contributed by atoms with Crippen LogP contribution in [-0.2, 0) is 6.54 Å². The Labute approximate surface area is 211 Å². The highest BCUT2D eigenvalue weighted by molar-refractivity contribution is 7.80. The van der Waals surface area contributed by atoms with E-state index in [1.54, 1.807) is 0 Å². The summed E-state index contributed by atoms with van der Waals surface area (Å²) in [5, 5.41) is 4.25. The molecule has 4 aromatic rings. The van der Waals surface area contributed by atoms with Gasteiger partial charge in [-0.25, -0.2) is 0 Å². The highest BCUT2D eigenvalue weighted by Crippen LogP contribution is 2.43. The second kappa shape index (κ2) is 9.88. The van der Waals surface area contributed by atoms with Gasteiger partial charge in [0, 0.05) is 42.2 Å². The van der Waals surface area contributed by atoms with Gasteiger partial charge in [0.2, 0.25) is 0 Å². The van der Waals surface area contributed by atoms with Crippen molar-refractivity contribution in [3.8, 4) is 5.75 Å². The second-order valence-corrected chi connectivity index (χ2v) is 9.08. The molecule has 1 aliphatic heterocycles. The van der Waals surface area contributed by atoms with Crippen LogP contribution >= 0.6 is 12.2 Å². The van der Waals surface area contributed by atoms with Crippen molar-refractivity contribution in [2.24, 2.45) is 0 Å². The van der Waals surface area contributed by atoms with E-state index in [1.165, 1.54) is 22.5 Å². The predicted molar refractivity (Wildman–Crippen MR) is 143 cm³/mol. The molecule has 7 heteroatoms. The summed E-state index contributed by atoms with van der Waals surface area (Å²) in [7, 11) is 0. The van der Waals surface area contributed by atoms with E-state index in [1.807, 2.05) is 49.8 Å². The topological polar surface area (TPSA) is 55.2 Å². The van der Waals surface area contributed by atoms with Crippen molar-refractivity contribution in [1.29, 1.82) is 0 Å². The van der Waals surface area contributed by atoms with Gasteiger partial charge in [-0.2, -0.15) is 0 Å². The maximum Gasteiger partial charge on any atom is 0.174 e. The molecule has 0 amide bonds. The number of ether oxygens (including phenoxy) is 1. The van der Waals surface area contributed by atoms with Crippen LogP contribution in [0, 0.1) is 13.8 Å². The molecule has 0 aliphatic carbocycles. The van der Waals surface area contributed by atoms with Crippen LogP contribution in [0.2, 0.25) is 0 Å². The summed E-state index contributed by atoms with van der Waals surface area (Å²) in [4.78, 5) is 11.1. The average molecular weight is 484 g/mol. The first-order valence-corrected chi connectivity index (χ1v) is 12.3. The average Bonchev–Trinajstić information content (AvgIpc) is 3.37. The summed E-state index contributed by atoms with van der Waals surface area (Å²) in [6.07, 6.45) is 5.52. The molecular weight excluding hydrogens is 454 g/mol. The Morgan fingerprint density at radius 1 is 1.00 bits per heavy atom. The van der Waals surface area contributed by atoms with Crippen molar-refractivity contribution in [3.63, 3.8) is 0 Å². The van der Waals surface area contributed by atoms with Crippen molar-refractivity contribution in [2.45, 2.75) is 39.4 Å². The summed E-state index contributed by atoms with van der Waals surface area (Å²) < 4.78 is 8.02. The summed E-state index contributed by atoms with van der Waals surface area (Å²) in [6.45, 7) is 7.77. The Hall–Kier alpha value is -3.71. The molecule has 1 aliphatic rings. The van der Waals surface area contributed by atoms with Gasteiger partial charge in [-0.1, -0.05) is 6.07 Å². The molecule has 2 unspecified atom stereocenters. The van der Waals surface area contributed by atoms with Crippen LogP contribution in [0.4, 0.5) is 5.69 Å². The first kappa shape index (κ1) is 23.1. The molecule has 0 saturated carbocycles. The largest absolute Gasteiger partial charge is 0.494 e. The highest BCUT2D eigenvalue weighted by atomic mass is 32.1. The van der Waals surface area contributed by atoms with Gasteiger partial charge in [-0.3, -0.25) is 9.97 Å². The SMILES string of the molecule is CCOc1ccc(N2C(=S)NC(c3ccccn3)C2c2cc(C)n(Cc3ccncc3)c2C)cc1. The van der Waals surface area contributed by atoms with E-state index in [-0.39, 0.29) is 12.1 Å². The normalized spacial score (nSPS) is 17.5. The zero-order valence-electron chi connectivity index (χ0n) is 20.2. The minimum Gasteiger partial charge on any atom is -0.494 e. The number of hydrogen-bond donors (Lipinski definition) is 1. The lowest BCUT2D eigenvalue weighted by Crippen LogP contribution is -2.29. The number of anilines is 1. The minimum absolute atomic E-state index is 0.0484. The number of pyridine rings is 2. The van der Waals surface area contributed by atoms with Crippen LogP contribution in [0.1, 0.15) is 47.2 Å². The van der Waals surface area contributed by atoms with Crippen LogP contribution in [0.3, 0.4) is 0 Å². The van der Waals surface area contributed by atoms with Gasteiger partial charge in [0.25, 0.3) is 0 Å². The molecule has 1 fully saturated rings. The van der Waals surface area contributed by atoms with E-state index in [9.17, 15) is 0 Å². The van der Waals surface area contributed by atoms with Crippen LogP contribution < -0.4 is 15.0 Å². The fraction of sp³-hybridized carbons (Fsp3) is 0.250. The zero-order chi connectivity index (χ0) is 24.4. The lowest BCUT2D eigenvalue weighted by atomic mass is 9.96. The molecule has 5 rings (SSSR count). The Kier molecular flexibility index (Phi) is 6.51. The minimum atomic E-state index is -0.0786. The summed E-state index contributed by atoms with van der Waals surface area (Å²) >= 11 is 5.89. The molecule has 6 nitrogen and oxygen atoms in total. The lowest BCUT2D eigenvalue weighted by Gasteiger charge is -2.28.